The van der Waals surface area contributed by atoms with Gasteiger partial charge in [-0.1, -0.05) is 34.1 Å². The minimum absolute atomic E-state index is 0.0846. The molecule has 2 aromatic heterocycles. The number of aryl methyl sites for hydroxylation is 2. The Labute approximate surface area is 160 Å². The number of halogens is 1. The molecule has 1 aromatic carbocycles. The summed E-state index contributed by atoms with van der Waals surface area (Å²) in [6, 6.07) is 9.79. The number of hydrogen-bond donors (Lipinski definition) is 1. The first-order valence-electron chi connectivity index (χ1n) is 8.85. The van der Waals surface area contributed by atoms with Crippen molar-refractivity contribution in [3.8, 4) is 0 Å². The van der Waals surface area contributed by atoms with Gasteiger partial charge in [0, 0.05) is 23.1 Å². The summed E-state index contributed by atoms with van der Waals surface area (Å²) < 4.78 is 2.76. The molecular weight excluding hydrogens is 392 g/mol. The number of pyridine rings is 1. The molecule has 4 rings (SSSR count). The number of nitrogens with one attached hydrogen (secondary N) is 1. The standard InChI is InChI=1S/C20H21BrN4O/c1-11(14-6-4-5-7-16(14)21)22-20(26)15-10-17(13-8-9-13)23-19-18(15)12(2)24-25(19)3/h4-7,10-11,13H,8-9H2,1-3H3,(H,22,26). The molecule has 1 unspecified atom stereocenters. The van der Waals surface area contributed by atoms with Gasteiger partial charge in [0.15, 0.2) is 5.65 Å². The second-order valence-electron chi connectivity index (χ2n) is 6.99. The van der Waals surface area contributed by atoms with Crippen molar-refractivity contribution in [3.05, 3.63) is 57.3 Å². The van der Waals surface area contributed by atoms with E-state index in [1.165, 1.54) is 0 Å². The van der Waals surface area contributed by atoms with Crippen molar-refractivity contribution in [1.82, 2.24) is 20.1 Å². The van der Waals surface area contributed by atoms with Gasteiger partial charge in [0.25, 0.3) is 5.91 Å². The van der Waals surface area contributed by atoms with E-state index in [2.05, 4.69) is 26.3 Å². The van der Waals surface area contributed by atoms with E-state index in [1.54, 1.807) is 4.68 Å². The summed E-state index contributed by atoms with van der Waals surface area (Å²) in [7, 11) is 1.88. The Balaban J connectivity index is 1.73. The van der Waals surface area contributed by atoms with Crippen LogP contribution in [-0.2, 0) is 7.05 Å². The average Bonchev–Trinajstić information content (AvgIpc) is 3.41. The molecule has 0 spiro atoms. The Hall–Kier alpha value is -2.21. The third kappa shape index (κ3) is 3.03. The molecule has 5 nitrogen and oxygen atoms in total. The van der Waals surface area contributed by atoms with Crippen molar-refractivity contribution >= 4 is 32.9 Å². The van der Waals surface area contributed by atoms with Crippen LogP contribution in [0.15, 0.2) is 34.8 Å². The molecule has 1 saturated carbocycles. The summed E-state index contributed by atoms with van der Waals surface area (Å²) in [5.41, 5.74) is 4.33. The normalized spacial score (nSPS) is 15.2. The molecule has 26 heavy (non-hydrogen) atoms. The monoisotopic (exact) mass is 412 g/mol. The molecule has 1 aliphatic rings. The van der Waals surface area contributed by atoms with Gasteiger partial charge in [0.2, 0.25) is 0 Å². The van der Waals surface area contributed by atoms with Crippen molar-refractivity contribution < 1.29 is 4.79 Å². The third-order valence-corrected chi connectivity index (χ3v) is 5.67. The van der Waals surface area contributed by atoms with Crippen LogP contribution in [0.4, 0.5) is 0 Å². The summed E-state index contributed by atoms with van der Waals surface area (Å²) in [5, 5.41) is 8.45. The first-order valence-corrected chi connectivity index (χ1v) is 9.64. The molecule has 0 bridgehead atoms. The minimum atomic E-state index is -0.109. The number of rotatable bonds is 4. The van der Waals surface area contributed by atoms with Gasteiger partial charge in [-0.3, -0.25) is 9.48 Å². The highest BCUT2D eigenvalue weighted by Crippen LogP contribution is 2.40. The van der Waals surface area contributed by atoms with Crippen LogP contribution in [0.1, 0.15) is 59.0 Å². The maximum absolute atomic E-state index is 13.1. The molecule has 0 aliphatic heterocycles. The fourth-order valence-electron chi connectivity index (χ4n) is 3.41. The number of carbonyl (C=O) groups is 1. The molecule has 1 amide bonds. The molecule has 1 atom stereocenters. The molecule has 1 aliphatic carbocycles. The van der Waals surface area contributed by atoms with Gasteiger partial charge in [0.1, 0.15) is 0 Å². The molecular formula is C20H21BrN4O. The van der Waals surface area contributed by atoms with Crippen LogP contribution in [0.25, 0.3) is 11.0 Å². The molecule has 1 fully saturated rings. The minimum Gasteiger partial charge on any atom is -0.345 e. The van der Waals surface area contributed by atoms with E-state index >= 15 is 0 Å². The summed E-state index contributed by atoms with van der Waals surface area (Å²) in [5.74, 6) is 0.389. The van der Waals surface area contributed by atoms with E-state index in [0.29, 0.717) is 11.5 Å². The number of amides is 1. The number of carbonyl (C=O) groups excluding carboxylic acids is 1. The maximum atomic E-state index is 13.1. The Morgan fingerprint density at radius 1 is 1.35 bits per heavy atom. The smallest absolute Gasteiger partial charge is 0.252 e. The summed E-state index contributed by atoms with van der Waals surface area (Å²) in [4.78, 5) is 17.9. The lowest BCUT2D eigenvalue weighted by molar-refractivity contribution is 0.0941. The summed E-state index contributed by atoms with van der Waals surface area (Å²) in [6.45, 7) is 3.92. The zero-order valence-corrected chi connectivity index (χ0v) is 16.7. The Kier molecular flexibility index (Phi) is 4.31. The lowest BCUT2D eigenvalue weighted by Gasteiger charge is -2.17. The quantitative estimate of drug-likeness (QED) is 0.690. The molecule has 1 N–H and O–H groups in total. The van der Waals surface area contributed by atoms with Gasteiger partial charge < -0.3 is 5.32 Å². The van der Waals surface area contributed by atoms with Crippen LogP contribution >= 0.6 is 15.9 Å². The van der Waals surface area contributed by atoms with Crippen LogP contribution in [-0.4, -0.2) is 20.7 Å². The number of nitrogens with zero attached hydrogens (tertiary/aromatic N) is 3. The van der Waals surface area contributed by atoms with Crippen LogP contribution in [0.5, 0.6) is 0 Å². The molecule has 6 heteroatoms. The molecule has 0 radical (unpaired) electrons. The van der Waals surface area contributed by atoms with E-state index < -0.39 is 0 Å². The van der Waals surface area contributed by atoms with Crippen LogP contribution < -0.4 is 5.32 Å². The van der Waals surface area contributed by atoms with Crippen LogP contribution in [0, 0.1) is 6.92 Å². The first-order chi connectivity index (χ1) is 12.5. The van der Waals surface area contributed by atoms with Gasteiger partial charge in [-0.15, -0.1) is 0 Å². The highest BCUT2D eigenvalue weighted by atomic mass is 79.9. The average molecular weight is 413 g/mol. The van der Waals surface area contributed by atoms with Crippen molar-refractivity contribution in [2.24, 2.45) is 7.05 Å². The molecule has 134 valence electrons. The maximum Gasteiger partial charge on any atom is 0.252 e. The highest BCUT2D eigenvalue weighted by molar-refractivity contribution is 9.10. The fourth-order valence-corrected chi connectivity index (χ4v) is 4.04. The van der Waals surface area contributed by atoms with E-state index in [9.17, 15) is 4.79 Å². The summed E-state index contributed by atoms with van der Waals surface area (Å²) in [6.07, 6.45) is 2.29. The number of hydrogen-bond acceptors (Lipinski definition) is 3. The highest BCUT2D eigenvalue weighted by Gasteiger charge is 2.28. The SMILES string of the molecule is Cc1nn(C)c2nc(C3CC3)cc(C(=O)NC(C)c3ccccc3Br)c12. The Morgan fingerprint density at radius 2 is 2.08 bits per heavy atom. The number of benzene rings is 1. The predicted octanol–water partition coefficient (Wildman–Crippen LogP) is 4.41. The molecule has 3 aromatic rings. The largest absolute Gasteiger partial charge is 0.345 e. The topological polar surface area (TPSA) is 59.8 Å². The predicted molar refractivity (Wildman–Crippen MR) is 105 cm³/mol. The van der Waals surface area contributed by atoms with E-state index in [0.717, 1.165) is 45.3 Å². The molecule has 0 saturated heterocycles. The lowest BCUT2D eigenvalue weighted by atomic mass is 10.0. The van der Waals surface area contributed by atoms with Crippen molar-refractivity contribution in [2.75, 3.05) is 0 Å². The second-order valence-corrected chi connectivity index (χ2v) is 7.85. The summed E-state index contributed by atoms with van der Waals surface area (Å²) >= 11 is 3.56. The molecule has 2 heterocycles. The number of aromatic nitrogens is 3. The van der Waals surface area contributed by atoms with Gasteiger partial charge >= 0.3 is 0 Å². The first kappa shape index (κ1) is 17.2. The van der Waals surface area contributed by atoms with Gasteiger partial charge in [-0.2, -0.15) is 5.10 Å². The van der Waals surface area contributed by atoms with Crippen molar-refractivity contribution in [1.29, 1.82) is 0 Å². The number of fused-ring (bicyclic) bond motifs is 1. The second kappa shape index (κ2) is 6.50. The zero-order valence-electron chi connectivity index (χ0n) is 15.1. The van der Waals surface area contributed by atoms with Crippen LogP contribution in [0.2, 0.25) is 0 Å². The zero-order chi connectivity index (χ0) is 18.4. The van der Waals surface area contributed by atoms with Crippen molar-refractivity contribution in [3.63, 3.8) is 0 Å². The third-order valence-electron chi connectivity index (χ3n) is 4.95. The van der Waals surface area contributed by atoms with E-state index in [-0.39, 0.29) is 11.9 Å². The van der Waals surface area contributed by atoms with Gasteiger partial charge in [-0.25, -0.2) is 4.98 Å². The van der Waals surface area contributed by atoms with E-state index in [4.69, 9.17) is 4.98 Å². The van der Waals surface area contributed by atoms with E-state index in [1.807, 2.05) is 51.2 Å². The Bertz CT molecular complexity index is 1010. The lowest BCUT2D eigenvalue weighted by Crippen LogP contribution is -2.27. The van der Waals surface area contributed by atoms with Crippen LogP contribution in [0.3, 0.4) is 0 Å². The van der Waals surface area contributed by atoms with Gasteiger partial charge in [0.05, 0.1) is 22.7 Å². The Morgan fingerprint density at radius 3 is 2.77 bits per heavy atom. The van der Waals surface area contributed by atoms with Gasteiger partial charge in [-0.05, 0) is 44.4 Å². The van der Waals surface area contributed by atoms with Crippen molar-refractivity contribution in [2.45, 2.75) is 38.6 Å². The fraction of sp³-hybridized carbons (Fsp3) is 0.350.